The fourth-order valence-corrected chi connectivity index (χ4v) is 3.66. The predicted molar refractivity (Wildman–Crippen MR) is 139 cm³/mol. The fraction of sp³-hybridized carbons (Fsp3) is 0.172. The SMILES string of the molecule is Cc1cc(F)c(-c2ccccc2C(F)(F)F)c(F)c1.Cc1cc(F)c(C)c(F)c1.OB(O)c1ccccc1C(F)(F)F. The third-order valence-corrected chi connectivity index (χ3v) is 5.66. The molecule has 0 unspecified atom stereocenters. The van der Waals surface area contributed by atoms with Crippen molar-refractivity contribution >= 4 is 12.6 Å². The van der Waals surface area contributed by atoms with Crippen LogP contribution in [-0.2, 0) is 12.4 Å². The minimum atomic E-state index is -4.67. The van der Waals surface area contributed by atoms with Gasteiger partial charge in [-0.1, -0.05) is 42.5 Å². The number of alkyl halides is 6. The minimum absolute atomic E-state index is 0.0885. The molecule has 42 heavy (non-hydrogen) atoms. The van der Waals surface area contributed by atoms with Gasteiger partial charge in [-0.05, 0) is 73.3 Å². The Morgan fingerprint density at radius 3 is 1.33 bits per heavy atom. The maximum atomic E-state index is 13.8. The van der Waals surface area contributed by atoms with Crippen LogP contribution in [0.3, 0.4) is 0 Å². The molecule has 0 aliphatic heterocycles. The summed E-state index contributed by atoms with van der Waals surface area (Å²) >= 11 is 0. The van der Waals surface area contributed by atoms with E-state index in [0.29, 0.717) is 11.1 Å². The summed E-state index contributed by atoms with van der Waals surface area (Å²) in [4.78, 5) is 0. The van der Waals surface area contributed by atoms with Crippen molar-refractivity contribution in [2.75, 3.05) is 0 Å². The molecule has 0 saturated heterocycles. The molecule has 0 fully saturated rings. The van der Waals surface area contributed by atoms with Gasteiger partial charge in [-0.25, -0.2) is 17.6 Å². The monoisotopic (exact) mass is 604 g/mol. The number of hydrogen-bond acceptors (Lipinski definition) is 2. The van der Waals surface area contributed by atoms with Crippen LogP contribution in [0.1, 0.15) is 27.8 Å². The second-order valence-corrected chi connectivity index (χ2v) is 8.96. The Hall–Kier alpha value is -3.84. The smallest absolute Gasteiger partial charge is 0.423 e. The van der Waals surface area contributed by atoms with Crippen LogP contribution < -0.4 is 5.46 Å². The van der Waals surface area contributed by atoms with Crippen LogP contribution in [0.5, 0.6) is 0 Å². The van der Waals surface area contributed by atoms with Gasteiger partial charge in [0.05, 0.1) is 16.7 Å². The first kappa shape index (κ1) is 34.4. The molecule has 0 spiro atoms. The average molecular weight is 604 g/mol. The van der Waals surface area contributed by atoms with Crippen molar-refractivity contribution in [2.24, 2.45) is 0 Å². The Bertz CT molecular complexity index is 1470. The Morgan fingerprint density at radius 2 is 0.929 bits per heavy atom. The van der Waals surface area contributed by atoms with Crippen LogP contribution in [0.4, 0.5) is 43.9 Å². The maximum absolute atomic E-state index is 13.8. The zero-order chi connectivity index (χ0) is 32.0. The third kappa shape index (κ3) is 9.08. The molecule has 0 bridgehead atoms. The molecule has 0 aromatic heterocycles. The van der Waals surface area contributed by atoms with Crippen molar-refractivity contribution < 1.29 is 54.0 Å². The van der Waals surface area contributed by atoms with Crippen molar-refractivity contribution in [3.63, 3.8) is 0 Å². The highest BCUT2D eigenvalue weighted by molar-refractivity contribution is 6.59. The van der Waals surface area contributed by atoms with Crippen molar-refractivity contribution in [3.8, 4) is 11.1 Å². The lowest BCUT2D eigenvalue weighted by molar-refractivity contribution is -0.137. The summed E-state index contributed by atoms with van der Waals surface area (Å²) in [7, 11) is -2.10. The van der Waals surface area contributed by atoms with Gasteiger partial charge >= 0.3 is 19.5 Å². The number of hydrogen-bond donors (Lipinski definition) is 2. The summed E-state index contributed by atoms with van der Waals surface area (Å²) in [5.74, 6) is -2.96. The van der Waals surface area contributed by atoms with E-state index in [9.17, 15) is 43.9 Å². The number of halogens is 10. The van der Waals surface area contributed by atoms with Gasteiger partial charge in [0.2, 0.25) is 0 Å². The molecular formula is C29H23BF10O2. The lowest BCUT2D eigenvalue weighted by Gasteiger charge is -2.14. The van der Waals surface area contributed by atoms with Gasteiger partial charge in [-0.15, -0.1) is 0 Å². The zero-order valence-electron chi connectivity index (χ0n) is 22.2. The van der Waals surface area contributed by atoms with Gasteiger partial charge in [-0.2, -0.15) is 26.3 Å². The van der Waals surface area contributed by atoms with E-state index in [0.717, 1.165) is 36.4 Å². The van der Waals surface area contributed by atoms with E-state index >= 15 is 0 Å². The van der Waals surface area contributed by atoms with Crippen LogP contribution in [0.2, 0.25) is 0 Å². The maximum Gasteiger partial charge on any atom is 0.489 e. The summed E-state index contributed by atoms with van der Waals surface area (Å²) in [5.41, 5.74) is -2.75. The summed E-state index contributed by atoms with van der Waals surface area (Å²) in [5, 5.41) is 17.2. The molecule has 2 nitrogen and oxygen atoms in total. The van der Waals surface area contributed by atoms with Crippen LogP contribution in [0.15, 0.2) is 72.8 Å². The molecule has 224 valence electrons. The predicted octanol–water partition coefficient (Wildman–Crippen LogP) is 7.93. The van der Waals surface area contributed by atoms with E-state index in [1.54, 1.807) is 6.92 Å². The molecule has 0 heterocycles. The topological polar surface area (TPSA) is 40.5 Å². The Kier molecular flexibility index (Phi) is 11.4. The molecule has 4 aromatic carbocycles. The second-order valence-electron chi connectivity index (χ2n) is 8.96. The van der Waals surface area contributed by atoms with E-state index in [4.69, 9.17) is 10.0 Å². The first-order valence-corrected chi connectivity index (χ1v) is 11.9. The lowest BCUT2D eigenvalue weighted by Crippen LogP contribution is -2.35. The summed E-state index contributed by atoms with van der Waals surface area (Å²) in [6.07, 6.45) is -9.22. The number of aryl methyl sites for hydroxylation is 2. The Morgan fingerprint density at radius 1 is 0.548 bits per heavy atom. The van der Waals surface area contributed by atoms with Crippen molar-refractivity contribution in [1.29, 1.82) is 0 Å². The molecule has 13 heteroatoms. The largest absolute Gasteiger partial charge is 0.489 e. The van der Waals surface area contributed by atoms with Crippen molar-refractivity contribution in [1.82, 2.24) is 0 Å². The molecule has 0 aliphatic carbocycles. The normalized spacial score (nSPS) is 11.2. The van der Waals surface area contributed by atoms with Gasteiger partial charge in [0.25, 0.3) is 0 Å². The molecule has 0 radical (unpaired) electrons. The van der Waals surface area contributed by atoms with E-state index in [2.05, 4.69) is 0 Å². The van der Waals surface area contributed by atoms with E-state index in [1.165, 1.54) is 50.2 Å². The second kappa shape index (κ2) is 13.9. The highest BCUT2D eigenvalue weighted by Crippen LogP contribution is 2.39. The molecule has 0 amide bonds. The van der Waals surface area contributed by atoms with Crippen LogP contribution in [0, 0.1) is 44.0 Å². The van der Waals surface area contributed by atoms with Gasteiger partial charge in [0.15, 0.2) is 0 Å². The Labute approximate surface area is 235 Å². The summed E-state index contributed by atoms with van der Waals surface area (Å²) in [6, 6.07) is 13.3. The molecule has 0 aliphatic rings. The molecule has 4 rings (SSSR count). The lowest BCUT2D eigenvalue weighted by atomic mass is 9.77. The summed E-state index contributed by atoms with van der Waals surface area (Å²) < 4.78 is 128. The molecule has 0 atom stereocenters. The standard InChI is InChI=1S/C14H9F5.C8H8F2.C7H6BF3O2/c1-8-6-11(15)13(12(16)7-8)9-4-2-3-5-10(9)14(17,18)19;1-5-3-7(9)6(2)8(10)4-5;9-7(10,11)5-3-1-2-4-6(5)8(12)13/h2-7H,1H3;3-4H,1-2H3;1-4,12-13H. The van der Waals surface area contributed by atoms with Crippen LogP contribution in [-0.4, -0.2) is 17.2 Å². The molecular weight excluding hydrogens is 581 g/mol. The van der Waals surface area contributed by atoms with E-state index in [1.807, 2.05) is 0 Å². The number of rotatable bonds is 2. The van der Waals surface area contributed by atoms with Crippen molar-refractivity contribution in [2.45, 2.75) is 33.1 Å². The van der Waals surface area contributed by atoms with Gasteiger partial charge in [-0.3, -0.25) is 0 Å². The van der Waals surface area contributed by atoms with E-state index < -0.39 is 70.5 Å². The summed E-state index contributed by atoms with van der Waals surface area (Å²) in [6.45, 7) is 4.54. The van der Waals surface area contributed by atoms with Crippen LogP contribution in [0.25, 0.3) is 11.1 Å². The molecule has 0 saturated carbocycles. The first-order chi connectivity index (χ1) is 19.3. The van der Waals surface area contributed by atoms with Crippen molar-refractivity contribution in [3.05, 3.63) is 124 Å². The minimum Gasteiger partial charge on any atom is -0.423 e. The van der Waals surface area contributed by atoms with Crippen LogP contribution >= 0.6 is 0 Å². The quantitative estimate of drug-likeness (QED) is 0.180. The molecule has 2 N–H and O–H groups in total. The zero-order valence-corrected chi connectivity index (χ0v) is 22.2. The highest BCUT2D eigenvalue weighted by Gasteiger charge is 2.36. The van der Waals surface area contributed by atoms with E-state index in [-0.39, 0.29) is 5.56 Å². The average Bonchev–Trinajstić information content (AvgIpc) is 2.86. The first-order valence-electron chi connectivity index (χ1n) is 11.9. The number of benzene rings is 4. The van der Waals surface area contributed by atoms with Gasteiger partial charge < -0.3 is 10.0 Å². The highest BCUT2D eigenvalue weighted by atomic mass is 19.4. The van der Waals surface area contributed by atoms with Gasteiger partial charge in [0, 0.05) is 5.56 Å². The Balaban J connectivity index is 0.000000234. The fourth-order valence-electron chi connectivity index (χ4n) is 3.66. The molecule has 4 aromatic rings. The third-order valence-electron chi connectivity index (χ3n) is 5.66. The van der Waals surface area contributed by atoms with Gasteiger partial charge in [0.1, 0.15) is 23.3 Å².